The Labute approximate surface area is 130 Å². The first kappa shape index (κ1) is 16.0. The molecule has 3 rings (SSSR count). The van der Waals surface area contributed by atoms with Gasteiger partial charge in [-0.1, -0.05) is 11.6 Å². The smallest absolute Gasteiger partial charge is 0.397 e. The van der Waals surface area contributed by atoms with Crippen molar-refractivity contribution in [2.45, 2.75) is 51.4 Å². The number of aromatic nitrogens is 3. The summed E-state index contributed by atoms with van der Waals surface area (Å²) in [5, 5.41) is 11.1. The van der Waals surface area contributed by atoms with E-state index >= 15 is 0 Å². The summed E-state index contributed by atoms with van der Waals surface area (Å²) in [6.07, 6.45) is -1.12. The van der Waals surface area contributed by atoms with Crippen LogP contribution >= 0.6 is 0 Å². The number of likely N-dealkylation sites (tertiary alicyclic amines) is 1. The molecule has 1 fully saturated rings. The van der Waals surface area contributed by atoms with E-state index in [1.807, 2.05) is 6.92 Å². The Morgan fingerprint density at radius 3 is 2.83 bits per heavy atom. The maximum absolute atomic E-state index is 12.4. The Morgan fingerprint density at radius 2 is 2.13 bits per heavy atom. The minimum Gasteiger partial charge on any atom is -0.423 e. The molecule has 2 aromatic heterocycles. The summed E-state index contributed by atoms with van der Waals surface area (Å²) in [5.41, 5.74) is 0.951. The fourth-order valence-corrected chi connectivity index (χ4v) is 2.79. The maximum atomic E-state index is 12.4. The minimum atomic E-state index is -4.35. The molecule has 1 aliphatic heterocycles. The molecule has 0 saturated carbocycles. The molecule has 1 atom stereocenters. The van der Waals surface area contributed by atoms with Gasteiger partial charge in [0.25, 0.3) is 0 Å². The zero-order valence-electron chi connectivity index (χ0n) is 12.6. The fourth-order valence-electron chi connectivity index (χ4n) is 2.79. The predicted molar refractivity (Wildman–Crippen MR) is 72.3 cm³/mol. The molecule has 126 valence electrons. The molecule has 1 saturated heterocycles. The van der Waals surface area contributed by atoms with Crippen LogP contribution in [-0.4, -0.2) is 33.0 Å². The second kappa shape index (κ2) is 6.31. The van der Waals surface area contributed by atoms with E-state index in [9.17, 15) is 13.2 Å². The van der Waals surface area contributed by atoms with Crippen molar-refractivity contribution in [1.82, 2.24) is 20.3 Å². The number of hydrogen-bond acceptors (Lipinski definition) is 6. The van der Waals surface area contributed by atoms with Gasteiger partial charge in [-0.05, 0) is 26.3 Å². The first-order valence-corrected chi connectivity index (χ1v) is 7.45. The van der Waals surface area contributed by atoms with Crippen LogP contribution < -0.4 is 0 Å². The van der Waals surface area contributed by atoms with Crippen LogP contribution in [0, 0.1) is 6.92 Å². The molecule has 0 N–H and O–H groups in total. The average molecular weight is 330 g/mol. The van der Waals surface area contributed by atoms with Crippen LogP contribution in [0.15, 0.2) is 15.1 Å². The molecule has 0 spiro atoms. The summed E-state index contributed by atoms with van der Waals surface area (Å²) >= 11 is 0. The van der Waals surface area contributed by atoms with Crippen molar-refractivity contribution < 1.29 is 22.1 Å². The molecular weight excluding hydrogens is 313 g/mol. The Balaban J connectivity index is 1.75. The molecule has 0 radical (unpaired) electrons. The predicted octanol–water partition coefficient (Wildman–Crippen LogP) is 3.20. The summed E-state index contributed by atoms with van der Waals surface area (Å²) in [7, 11) is 0. The van der Waals surface area contributed by atoms with Gasteiger partial charge in [0.05, 0.1) is 12.2 Å². The number of piperidine rings is 1. The third-order valence-electron chi connectivity index (χ3n) is 3.96. The highest BCUT2D eigenvalue weighted by molar-refractivity contribution is 5.12. The first-order chi connectivity index (χ1) is 10.9. The van der Waals surface area contributed by atoms with Crippen LogP contribution in [-0.2, 0) is 13.0 Å². The number of hydrogen-bond donors (Lipinski definition) is 0. The van der Waals surface area contributed by atoms with E-state index in [1.54, 1.807) is 6.20 Å². The van der Waals surface area contributed by atoms with E-state index in [-0.39, 0.29) is 17.8 Å². The van der Waals surface area contributed by atoms with Gasteiger partial charge in [0, 0.05) is 12.1 Å². The third kappa shape index (κ3) is 3.90. The maximum Gasteiger partial charge on any atom is 0.397 e. The molecule has 3 heterocycles. The summed E-state index contributed by atoms with van der Waals surface area (Å²) in [6, 6.07) is -0.174. The topological polar surface area (TPSA) is 68.2 Å². The zero-order chi connectivity index (χ0) is 16.4. The summed E-state index contributed by atoms with van der Waals surface area (Å²) < 4.78 is 47.5. The van der Waals surface area contributed by atoms with Gasteiger partial charge in [-0.3, -0.25) is 4.90 Å². The van der Waals surface area contributed by atoms with Gasteiger partial charge in [0.1, 0.15) is 12.2 Å². The fraction of sp³-hybridized carbons (Fsp3) is 0.643. The molecule has 9 heteroatoms. The van der Waals surface area contributed by atoms with Gasteiger partial charge in [0.15, 0.2) is 0 Å². The molecule has 2 aromatic rings. The average Bonchev–Trinajstić information content (AvgIpc) is 3.08. The third-order valence-corrected chi connectivity index (χ3v) is 3.96. The lowest BCUT2D eigenvalue weighted by Crippen LogP contribution is -2.33. The quantitative estimate of drug-likeness (QED) is 0.857. The Kier molecular flexibility index (Phi) is 4.38. The van der Waals surface area contributed by atoms with E-state index in [1.165, 1.54) is 0 Å². The van der Waals surface area contributed by atoms with Crippen LogP contribution in [0.3, 0.4) is 0 Å². The Morgan fingerprint density at radius 1 is 1.30 bits per heavy atom. The summed E-state index contributed by atoms with van der Waals surface area (Å²) in [6.45, 7) is 3.23. The van der Waals surface area contributed by atoms with Gasteiger partial charge in [-0.25, -0.2) is 0 Å². The summed E-state index contributed by atoms with van der Waals surface area (Å²) in [4.78, 5) is 2.12. The second-order valence-corrected chi connectivity index (χ2v) is 5.72. The van der Waals surface area contributed by atoms with Gasteiger partial charge < -0.3 is 8.94 Å². The van der Waals surface area contributed by atoms with Crippen LogP contribution in [0.4, 0.5) is 13.2 Å². The van der Waals surface area contributed by atoms with Crippen LogP contribution in [0.25, 0.3) is 0 Å². The largest absolute Gasteiger partial charge is 0.423 e. The highest BCUT2D eigenvalue weighted by Gasteiger charge is 2.33. The molecule has 0 unspecified atom stereocenters. The summed E-state index contributed by atoms with van der Waals surface area (Å²) in [5.74, 6) is 0.592. The van der Waals surface area contributed by atoms with Crippen molar-refractivity contribution in [2.24, 2.45) is 0 Å². The number of aryl methyl sites for hydroxylation is 1. The van der Waals surface area contributed by atoms with Crippen molar-refractivity contribution in [3.8, 4) is 0 Å². The molecule has 23 heavy (non-hydrogen) atoms. The zero-order valence-corrected chi connectivity index (χ0v) is 12.6. The monoisotopic (exact) mass is 330 g/mol. The van der Waals surface area contributed by atoms with E-state index < -0.39 is 12.6 Å². The number of rotatable bonds is 4. The molecule has 0 bridgehead atoms. The Hall–Kier alpha value is -1.90. The normalized spacial score (nSPS) is 20.1. The number of alkyl halides is 3. The van der Waals surface area contributed by atoms with Crippen molar-refractivity contribution in [1.29, 1.82) is 0 Å². The molecule has 0 aromatic carbocycles. The standard InChI is InChI=1S/C14H17F3N4O2/c1-9-10(7-18-23-9)8-21-5-3-2-4-11(21)13-20-19-12(22-13)6-14(15,16)17/h7,11H,2-6,8H2,1H3/t11-/m0/s1. The van der Waals surface area contributed by atoms with E-state index in [0.29, 0.717) is 6.54 Å². The van der Waals surface area contributed by atoms with Gasteiger partial charge in [0.2, 0.25) is 11.8 Å². The van der Waals surface area contributed by atoms with Gasteiger partial charge in [-0.2, -0.15) is 13.2 Å². The van der Waals surface area contributed by atoms with Crippen molar-refractivity contribution in [2.75, 3.05) is 6.54 Å². The van der Waals surface area contributed by atoms with Crippen molar-refractivity contribution in [3.63, 3.8) is 0 Å². The molecule has 0 amide bonds. The highest BCUT2D eigenvalue weighted by atomic mass is 19.4. The first-order valence-electron chi connectivity index (χ1n) is 7.45. The number of halogens is 3. The van der Waals surface area contributed by atoms with Gasteiger partial charge >= 0.3 is 6.18 Å². The van der Waals surface area contributed by atoms with Crippen molar-refractivity contribution >= 4 is 0 Å². The highest BCUT2D eigenvalue weighted by Crippen LogP contribution is 2.32. The van der Waals surface area contributed by atoms with E-state index in [0.717, 1.165) is 37.1 Å². The van der Waals surface area contributed by atoms with Crippen LogP contribution in [0.1, 0.15) is 48.4 Å². The lowest BCUT2D eigenvalue weighted by atomic mass is 10.0. The molecular formula is C14H17F3N4O2. The second-order valence-electron chi connectivity index (χ2n) is 5.72. The molecule has 1 aliphatic rings. The lowest BCUT2D eigenvalue weighted by molar-refractivity contribution is -0.131. The van der Waals surface area contributed by atoms with Crippen LogP contribution in [0.5, 0.6) is 0 Å². The van der Waals surface area contributed by atoms with E-state index in [2.05, 4.69) is 20.3 Å². The SMILES string of the molecule is Cc1oncc1CN1CCCC[C@H]1c1nnc(CC(F)(F)F)o1. The number of nitrogens with zero attached hydrogens (tertiary/aromatic N) is 4. The van der Waals surface area contributed by atoms with Crippen LogP contribution in [0.2, 0.25) is 0 Å². The lowest BCUT2D eigenvalue weighted by Gasteiger charge is -2.33. The van der Waals surface area contributed by atoms with Gasteiger partial charge in [-0.15, -0.1) is 10.2 Å². The van der Waals surface area contributed by atoms with E-state index in [4.69, 9.17) is 8.94 Å². The minimum absolute atomic E-state index is 0.174. The molecule has 6 nitrogen and oxygen atoms in total. The van der Waals surface area contributed by atoms with Crippen molar-refractivity contribution in [3.05, 3.63) is 29.3 Å². The molecule has 0 aliphatic carbocycles. The Bertz CT molecular complexity index is 652.